The summed E-state index contributed by atoms with van der Waals surface area (Å²) in [6.45, 7) is 1.79. The van der Waals surface area contributed by atoms with E-state index in [1.165, 1.54) is 12.1 Å². The predicted octanol–water partition coefficient (Wildman–Crippen LogP) is 2.38. The molecule has 108 valence electrons. The molecule has 0 saturated heterocycles. The number of nitrogens with one attached hydrogen (secondary N) is 1. The molecule has 2 rings (SSSR count). The Kier molecular flexibility index (Phi) is 4.26. The monoisotopic (exact) mass is 301 g/mol. The fraction of sp³-hybridized carbons (Fsp3) is 0.133. The van der Waals surface area contributed by atoms with Crippen LogP contribution in [0.2, 0.25) is 0 Å². The van der Waals surface area contributed by atoms with E-state index in [4.69, 9.17) is 11.0 Å². The molecule has 3 N–H and O–H groups in total. The van der Waals surface area contributed by atoms with Crippen molar-refractivity contribution in [3.05, 3.63) is 59.7 Å². The fourth-order valence-corrected chi connectivity index (χ4v) is 2.94. The van der Waals surface area contributed by atoms with Crippen LogP contribution in [0, 0.1) is 11.3 Å². The number of benzene rings is 2. The molecule has 1 unspecified atom stereocenters. The summed E-state index contributed by atoms with van der Waals surface area (Å²) in [6.07, 6.45) is 0. The molecule has 0 bridgehead atoms. The van der Waals surface area contributed by atoms with E-state index in [1.54, 1.807) is 43.3 Å². The van der Waals surface area contributed by atoms with Crippen molar-refractivity contribution < 1.29 is 8.42 Å². The molecule has 1 atom stereocenters. The topological polar surface area (TPSA) is 96.0 Å². The first-order chi connectivity index (χ1) is 9.92. The molecule has 6 heteroatoms. The van der Waals surface area contributed by atoms with Crippen LogP contribution in [0.3, 0.4) is 0 Å². The molecular formula is C15H15N3O2S. The fourth-order valence-electron chi connectivity index (χ4n) is 1.83. The Hall–Kier alpha value is -2.36. The molecule has 0 aliphatic carbocycles. The van der Waals surface area contributed by atoms with Crippen LogP contribution in [-0.4, -0.2) is 8.42 Å². The van der Waals surface area contributed by atoms with Gasteiger partial charge in [-0.05, 0) is 42.8 Å². The summed E-state index contributed by atoms with van der Waals surface area (Å²) in [6, 6.07) is 14.5. The van der Waals surface area contributed by atoms with Crippen LogP contribution in [0.25, 0.3) is 0 Å². The second kappa shape index (κ2) is 5.95. The Labute approximate surface area is 124 Å². The van der Waals surface area contributed by atoms with Gasteiger partial charge in [-0.1, -0.05) is 18.2 Å². The van der Waals surface area contributed by atoms with Crippen molar-refractivity contribution >= 4 is 15.7 Å². The standard InChI is InChI=1S/C15H15N3O2S/c1-11(17)13-5-3-7-15(9-13)21(19,20)18-14-6-2-4-12(8-14)10-16/h2-9,11,18H,17H2,1H3. The van der Waals surface area contributed by atoms with Crippen molar-refractivity contribution in [3.8, 4) is 6.07 Å². The van der Waals surface area contributed by atoms with Gasteiger partial charge < -0.3 is 5.73 Å². The van der Waals surface area contributed by atoms with E-state index in [-0.39, 0.29) is 10.9 Å². The van der Waals surface area contributed by atoms with E-state index in [2.05, 4.69) is 4.72 Å². The molecule has 0 aliphatic heterocycles. The Morgan fingerprint density at radius 3 is 2.57 bits per heavy atom. The van der Waals surface area contributed by atoms with Crippen LogP contribution in [0.15, 0.2) is 53.4 Å². The summed E-state index contributed by atoms with van der Waals surface area (Å²) in [7, 11) is -3.71. The van der Waals surface area contributed by atoms with Crippen LogP contribution in [0.5, 0.6) is 0 Å². The van der Waals surface area contributed by atoms with Crippen LogP contribution in [0.4, 0.5) is 5.69 Å². The van der Waals surface area contributed by atoms with E-state index in [0.717, 1.165) is 5.56 Å². The smallest absolute Gasteiger partial charge is 0.261 e. The lowest BCUT2D eigenvalue weighted by Gasteiger charge is -2.11. The van der Waals surface area contributed by atoms with E-state index in [9.17, 15) is 8.42 Å². The lowest BCUT2D eigenvalue weighted by atomic mass is 10.1. The van der Waals surface area contributed by atoms with Crippen LogP contribution < -0.4 is 10.5 Å². The van der Waals surface area contributed by atoms with Gasteiger partial charge in [0, 0.05) is 6.04 Å². The first-order valence-electron chi connectivity index (χ1n) is 6.31. The molecule has 0 radical (unpaired) electrons. The maximum atomic E-state index is 12.3. The Balaban J connectivity index is 2.34. The molecule has 2 aromatic rings. The number of nitrogens with zero attached hydrogens (tertiary/aromatic N) is 1. The minimum atomic E-state index is -3.71. The average Bonchev–Trinajstić information content (AvgIpc) is 2.47. The third kappa shape index (κ3) is 3.60. The predicted molar refractivity (Wildman–Crippen MR) is 81.0 cm³/mol. The lowest BCUT2D eigenvalue weighted by Crippen LogP contribution is -2.14. The molecule has 0 aliphatic rings. The quantitative estimate of drug-likeness (QED) is 0.906. The number of hydrogen-bond acceptors (Lipinski definition) is 4. The van der Waals surface area contributed by atoms with Gasteiger partial charge in [0.2, 0.25) is 0 Å². The summed E-state index contributed by atoms with van der Waals surface area (Å²) in [5.74, 6) is 0. The van der Waals surface area contributed by atoms with E-state index >= 15 is 0 Å². The average molecular weight is 301 g/mol. The van der Waals surface area contributed by atoms with Gasteiger partial charge in [0.05, 0.1) is 22.2 Å². The number of rotatable bonds is 4. The second-order valence-electron chi connectivity index (χ2n) is 4.66. The van der Waals surface area contributed by atoms with Crippen molar-refractivity contribution in [2.45, 2.75) is 17.9 Å². The van der Waals surface area contributed by atoms with Gasteiger partial charge in [0.1, 0.15) is 0 Å². The van der Waals surface area contributed by atoms with Gasteiger partial charge in [-0.2, -0.15) is 5.26 Å². The van der Waals surface area contributed by atoms with Gasteiger partial charge in [-0.3, -0.25) is 4.72 Å². The van der Waals surface area contributed by atoms with Gasteiger partial charge in [-0.25, -0.2) is 8.42 Å². The van der Waals surface area contributed by atoms with Crippen LogP contribution in [-0.2, 0) is 10.0 Å². The van der Waals surface area contributed by atoms with Crippen molar-refractivity contribution in [1.82, 2.24) is 0 Å². The normalized spacial score (nSPS) is 12.4. The highest BCUT2D eigenvalue weighted by Crippen LogP contribution is 2.19. The maximum Gasteiger partial charge on any atom is 0.261 e. The van der Waals surface area contributed by atoms with Gasteiger partial charge in [0.15, 0.2) is 0 Å². The van der Waals surface area contributed by atoms with E-state index in [1.807, 2.05) is 6.07 Å². The minimum absolute atomic E-state index is 0.139. The molecule has 5 nitrogen and oxygen atoms in total. The number of anilines is 1. The van der Waals surface area contributed by atoms with Crippen molar-refractivity contribution in [3.63, 3.8) is 0 Å². The Morgan fingerprint density at radius 1 is 1.19 bits per heavy atom. The van der Waals surface area contributed by atoms with Crippen LogP contribution in [0.1, 0.15) is 24.1 Å². The highest BCUT2D eigenvalue weighted by atomic mass is 32.2. The summed E-state index contributed by atoms with van der Waals surface area (Å²) in [4.78, 5) is 0.139. The van der Waals surface area contributed by atoms with Crippen molar-refractivity contribution in [2.75, 3.05) is 4.72 Å². The third-order valence-electron chi connectivity index (χ3n) is 2.94. The number of sulfonamides is 1. The molecule has 21 heavy (non-hydrogen) atoms. The van der Waals surface area contributed by atoms with Gasteiger partial charge >= 0.3 is 0 Å². The number of hydrogen-bond donors (Lipinski definition) is 2. The summed E-state index contributed by atoms with van der Waals surface area (Å²) >= 11 is 0. The lowest BCUT2D eigenvalue weighted by molar-refractivity contribution is 0.601. The zero-order chi connectivity index (χ0) is 15.5. The van der Waals surface area contributed by atoms with Gasteiger partial charge in [-0.15, -0.1) is 0 Å². The summed E-state index contributed by atoms with van der Waals surface area (Å²) in [5, 5.41) is 8.83. The highest BCUT2D eigenvalue weighted by Gasteiger charge is 2.15. The maximum absolute atomic E-state index is 12.3. The van der Waals surface area contributed by atoms with Gasteiger partial charge in [0.25, 0.3) is 10.0 Å². The molecule has 0 aromatic heterocycles. The summed E-state index contributed by atoms with van der Waals surface area (Å²) < 4.78 is 27.1. The number of nitriles is 1. The molecule has 0 spiro atoms. The Morgan fingerprint density at radius 2 is 1.90 bits per heavy atom. The molecule has 0 amide bonds. The first-order valence-corrected chi connectivity index (χ1v) is 7.79. The largest absolute Gasteiger partial charge is 0.324 e. The third-order valence-corrected chi connectivity index (χ3v) is 4.32. The Bertz CT molecular complexity index is 793. The van der Waals surface area contributed by atoms with Crippen molar-refractivity contribution in [1.29, 1.82) is 5.26 Å². The summed E-state index contributed by atoms with van der Waals surface area (Å²) in [5.41, 5.74) is 7.24. The van der Waals surface area contributed by atoms with Crippen molar-refractivity contribution in [2.24, 2.45) is 5.73 Å². The molecular weight excluding hydrogens is 286 g/mol. The number of nitrogens with two attached hydrogens (primary N) is 1. The zero-order valence-corrected chi connectivity index (χ0v) is 12.3. The minimum Gasteiger partial charge on any atom is -0.324 e. The molecule has 0 heterocycles. The second-order valence-corrected chi connectivity index (χ2v) is 6.34. The SMILES string of the molecule is CC(N)c1cccc(S(=O)(=O)Nc2cccc(C#N)c2)c1. The zero-order valence-electron chi connectivity index (χ0n) is 11.4. The van der Waals surface area contributed by atoms with E-state index in [0.29, 0.717) is 11.3 Å². The first kappa shape index (κ1) is 15.0. The van der Waals surface area contributed by atoms with E-state index < -0.39 is 10.0 Å². The molecule has 0 saturated carbocycles. The highest BCUT2D eigenvalue weighted by molar-refractivity contribution is 7.92. The van der Waals surface area contributed by atoms with Crippen LogP contribution >= 0.6 is 0 Å². The molecule has 2 aromatic carbocycles. The molecule has 0 fully saturated rings.